The Balaban J connectivity index is 2.15. The zero-order valence-corrected chi connectivity index (χ0v) is 12.1. The third kappa shape index (κ3) is 3.22. The Morgan fingerprint density at radius 1 is 1.25 bits per heavy atom. The van der Waals surface area contributed by atoms with E-state index in [0.717, 1.165) is 24.9 Å². The molecular weight excluding hydrogens is 257 g/mol. The number of hydrogen-bond donors (Lipinski definition) is 1. The van der Waals surface area contributed by atoms with Crippen LogP contribution in [-0.2, 0) is 11.8 Å². The highest BCUT2D eigenvalue weighted by molar-refractivity contribution is 5.30. The van der Waals surface area contributed by atoms with E-state index >= 15 is 0 Å². The smallest absolute Gasteiger partial charge is 0.226 e. The van der Waals surface area contributed by atoms with E-state index in [1.54, 1.807) is 12.1 Å². The Hall–Kier alpha value is -1.75. The monoisotopic (exact) mass is 277 g/mol. The number of aryl methyl sites for hydroxylation is 1. The molecule has 0 saturated heterocycles. The van der Waals surface area contributed by atoms with Gasteiger partial charge in [0.05, 0.1) is 5.41 Å². The summed E-state index contributed by atoms with van der Waals surface area (Å²) in [5.41, 5.74) is 0.555. The molecular formula is C15H20FN3O. The summed E-state index contributed by atoms with van der Waals surface area (Å²) in [6, 6.07) is 6.41. The SMILES string of the molecule is CNCCCc1nc(C(C)(C)c2ccc(F)cc2)no1. The Kier molecular flexibility index (Phi) is 4.49. The number of halogens is 1. The van der Waals surface area contributed by atoms with E-state index in [4.69, 9.17) is 4.52 Å². The standard InChI is InChI=1S/C15H20FN3O/c1-15(2,11-6-8-12(16)9-7-11)14-18-13(20-19-14)5-4-10-17-3/h6-9,17H,4-5,10H2,1-3H3. The van der Waals surface area contributed by atoms with Gasteiger partial charge in [0.1, 0.15) is 5.82 Å². The fourth-order valence-corrected chi connectivity index (χ4v) is 2.02. The first kappa shape index (κ1) is 14.7. The van der Waals surface area contributed by atoms with E-state index in [-0.39, 0.29) is 5.82 Å². The molecule has 0 bridgehead atoms. The first-order valence-corrected chi connectivity index (χ1v) is 6.77. The first-order valence-electron chi connectivity index (χ1n) is 6.77. The Bertz CT molecular complexity index is 549. The zero-order chi connectivity index (χ0) is 14.6. The summed E-state index contributed by atoms with van der Waals surface area (Å²) in [5, 5.41) is 7.15. The minimum absolute atomic E-state index is 0.245. The molecule has 1 heterocycles. The average Bonchev–Trinajstić information content (AvgIpc) is 2.89. The quantitative estimate of drug-likeness (QED) is 0.825. The lowest BCUT2D eigenvalue weighted by molar-refractivity contribution is 0.363. The van der Waals surface area contributed by atoms with Crippen molar-refractivity contribution in [3.05, 3.63) is 47.4 Å². The highest BCUT2D eigenvalue weighted by Crippen LogP contribution is 2.29. The van der Waals surface area contributed by atoms with Crippen molar-refractivity contribution < 1.29 is 8.91 Å². The second kappa shape index (κ2) is 6.13. The van der Waals surface area contributed by atoms with Crippen LogP contribution in [0.4, 0.5) is 4.39 Å². The van der Waals surface area contributed by atoms with Crippen LogP contribution in [0.1, 0.15) is 37.5 Å². The second-order valence-corrected chi connectivity index (χ2v) is 5.35. The van der Waals surface area contributed by atoms with Crippen molar-refractivity contribution in [1.82, 2.24) is 15.5 Å². The Labute approximate surface area is 118 Å². The molecule has 0 aliphatic rings. The average molecular weight is 277 g/mol. The van der Waals surface area contributed by atoms with Crippen molar-refractivity contribution >= 4 is 0 Å². The van der Waals surface area contributed by atoms with Gasteiger partial charge in [-0.05, 0) is 51.6 Å². The molecule has 1 aromatic heterocycles. The van der Waals surface area contributed by atoms with Gasteiger partial charge in [0.25, 0.3) is 0 Å². The largest absolute Gasteiger partial charge is 0.339 e. The van der Waals surface area contributed by atoms with Gasteiger partial charge in [0, 0.05) is 6.42 Å². The minimum atomic E-state index is -0.404. The molecule has 4 nitrogen and oxygen atoms in total. The lowest BCUT2D eigenvalue weighted by Crippen LogP contribution is -2.20. The predicted octanol–water partition coefficient (Wildman–Crippen LogP) is 2.69. The van der Waals surface area contributed by atoms with Crippen LogP contribution in [0.5, 0.6) is 0 Å². The van der Waals surface area contributed by atoms with Crippen LogP contribution < -0.4 is 5.32 Å². The van der Waals surface area contributed by atoms with Gasteiger partial charge in [0.2, 0.25) is 5.89 Å². The molecule has 2 rings (SSSR count). The molecule has 108 valence electrons. The van der Waals surface area contributed by atoms with Crippen LogP contribution in [-0.4, -0.2) is 23.7 Å². The first-order chi connectivity index (χ1) is 9.54. The number of hydrogen-bond acceptors (Lipinski definition) is 4. The molecule has 2 aromatic rings. The molecule has 5 heteroatoms. The number of nitrogens with zero attached hydrogens (tertiary/aromatic N) is 2. The Morgan fingerprint density at radius 3 is 2.60 bits per heavy atom. The van der Waals surface area contributed by atoms with Crippen molar-refractivity contribution in [2.24, 2.45) is 0 Å². The van der Waals surface area contributed by atoms with E-state index in [1.165, 1.54) is 12.1 Å². The van der Waals surface area contributed by atoms with Gasteiger partial charge in [0.15, 0.2) is 5.82 Å². The summed E-state index contributed by atoms with van der Waals surface area (Å²) < 4.78 is 18.3. The summed E-state index contributed by atoms with van der Waals surface area (Å²) in [5.74, 6) is 1.03. The van der Waals surface area contributed by atoms with Gasteiger partial charge in [-0.15, -0.1) is 0 Å². The van der Waals surface area contributed by atoms with Crippen LogP contribution in [0, 0.1) is 5.82 Å². The minimum Gasteiger partial charge on any atom is -0.339 e. The van der Waals surface area contributed by atoms with E-state index < -0.39 is 5.41 Å². The molecule has 0 spiro atoms. The van der Waals surface area contributed by atoms with E-state index in [0.29, 0.717) is 11.7 Å². The van der Waals surface area contributed by atoms with Crippen molar-refractivity contribution in [3.8, 4) is 0 Å². The van der Waals surface area contributed by atoms with Gasteiger partial charge >= 0.3 is 0 Å². The lowest BCUT2D eigenvalue weighted by Gasteiger charge is -2.20. The van der Waals surface area contributed by atoms with Crippen molar-refractivity contribution in [1.29, 1.82) is 0 Å². The van der Waals surface area contributed by atoms with Crippen LogP contribution in [0.25, 0.3) is 0 Å². The molecule has 0 radical (unpaired) electrons. The molecule has 1 N–H and O–H groups in total. The topological polar surface area (TPSA) is 51.0 Å². The number of aromatic nitrogens is 2. The molecule has 20 heavy (non-hydrogen) atoms. The third-order valence-corrected chi connectivity index (χ3v) is 3.41. The molecule has 0 aliphatic heterocycles. The fourth-order valence-electron chi connectivity index (χ4n) is 2.02. The van der Waals surface area contributed by atoms with Crippen LogP contribution in [0.2, 0.25) is 0 Å². The van der Waals surface area contributed by atoms with Crippen LogP contribution in [0.15, 0.2) is 28.8 Å². The summed E-state index contributed by atoms with van der Waals surface area (Å²) in [6.07, 6.45) is 1.71. The normalized spacial score (nSPS) is 11.8. The van der Waals surface area contributed by atoms with Gasteiger partial charge in [-0.3, -0.25) is 0 Å². The molecule has 0 fully saturated rings. The maximum absolute atomic E-state index is 13.0. The van der Waals surface area contributed by atoms with Gasteiger partial charge in [-0.1, -0.05) is 17.3 Å². The third-order valence-electron chi connectivity index (χ3n) is 3.41. The highest BCUT2D eigenvalue weighted by atomic mass is 19.1. The molecule has 0 saturated carbocycles. The van der Waals surface area contributed by atoms with E-state index in [2.05, 4.69) is 15.5 Å². The Morgan fingerprint density at radius 2 is 1.95 bits per heavy atom. The maximum Gasteiger partial charge on any atom is 0.226 e. The molecule has 0 aliphatic carbocycles. The van der Waals surface area contributed by atoms with Crippen LogP contribution in [0.3, 0.4) is 0 Å². The number of rotatable bonds is 6. The van der Waals surface area contributed by atoms with E-state index in [9.17, 15) is 4.39 Å². The molecule has 0 atom stereocenters. The maximum atomic E-state index is 13.0. The molecule has 1 aromatic carbocycles. The molecule has 0 amide bonds. The van der Waals surface area contributed by atoms with Crippen LogP contribution >= 0.6 is 0 Å². The predicted molar refractivity (Wildman–Crippen MR) is 75.1 cm³/mol. The number of nitrogens with one attached hydrogen (secondary N) is 1. The summed E-state index contributed by atoms with van der Waals surface area (Å²) in [6.45, 7) is 4.92. The van der Waals surface area contributed by atoms with Crippen molar-refractivity contribution in [2.45, 2.75) is 32.1 Å². The fraction of sp³-hybridized carbons (Fsp3) is 0.467. The lowest BCUT2D eigenvalue weighted by atomic mass is 9.84. The summed E-state index contributed by atoms with van der Waals surface area (Å²) in [4.78, 5) is 4.45. The second-order valence-electron chi connectivity index (χ2n) is 5.35. The summed E-state index contributed by atoms with van der Waals surface area (Å²) in [7, 11) is 1.91. The zero-order valence-electron chi connectivity index (χ0n) is 12.1. The van der Waals surface area contributed by atoms with Crippen molar-refractivity contribution in [3.63, 3.8) is 0 Å². The summed E-state index contributed by atoms with van der Waals surface area (Å²) >= 11 is 0. The van der Waals surface area contributed by atoms with Gasteiger partial charge in [-0.25, -0.2) is 4.39 Å². The van der Waals surface area contributed by atoms with Gasteiger partial charge in [-0.2, -0.15) is 4.98 Å². The highest BCUT2D eigenvalue weighted by Gasteiger charge is 2.28. The van der Waals surface area contributed by atoms with E-state index in [1.807, 2.05) is 20.9 Å². The van der Waals surface area contributed by atoms with Gasteiger partial charge < -0.3 is 9.84 Å². The van der Waals surface area contributed by atoms with Crippen molar-refractivity contribution in [2.75, 3.05) is 13.6 Å². The number of benzene rings is 1. The molecule has 0 unspecified atom stereocenters.